The van der Waals surface area contributed by atoms with Crippen LogP contribution in [0.25, 0.3) is 0 Å². The number of halogens is 3. The fourth-order valence-electron chi connectivity index (χ4n) is 0. The van der Waals surface area contributed by atoms with Crippen LogP contribution in [-0.4, -0.2) is 20.1 Å². The number of hydrogen-bond donors (Lipinski definition) is 0. The van der Waals surface area contributed by atoms with E-state index in [1.807, 2.05) is 0 Å². The van der Waals surface area contributed by atoms with E-state index < -0.39 is 20.1 Å². The Morgan fingerprint density at radius 3 is 1.20 bits per heavy atom. The first-order valence-electron chi connectivity index (χ1n) is 1.07. The second-order valence-corrected chi connectivity index (χ2v) is 5.24. The molecule has 0 rings (SSSR count). The maximum atomic E-state index is 10.6. The molecule has 0 aliphatic carbocycles. The molecule has 0 aromatic heterocycles. The molecule has 0 aromatic carbocycles. The minimum absolute atomic E-state index is 0.397. The van der Waals surface area contributed by atoms with Crippen molar-refractivity contribution in [3.63, 3.8) is 0 Å². The summed E-state index contributed by atoms with van der Waals surface area (Å²) in [6.07, 6.45) is 0. The minimum atomic E-state index is -5.68. The Hall–Kier alpha value is 0.589. The molecule has 32 valence electrons. The molecule has 0 amide bonds. The standard InChI is InChI=1S/CH3.3FH.Sn/h1H3;3*1H;/q;;;;+3/p-3. The topological polar surface area (TPSA) is 0 Å². The van der Waals surface area contributed by atoms with Crippen molar-refractivity contribution in [3.05, 3.63) is 0 Å². The monoisotopic (exact) mass is 192 g/mol. The Balaban J connectivity index is 3.02. The summed E-state index contributed by atoms with van der Waals surface area (Å²) in [6.45, 7) is 0. The molecule has 0 aliphatic heterocycles. The molecule has 0 heterocycles. The Morgan fingerprint density at radius 1 is 1.20 bits per heavy atom. The Bertz CT molecular complexity index is 22.4. The quantitative estimate of drug-likeness (QED) is 0.508. The van der Waals surface area contributed by atoms with E-state index in [0.717, 1.165) is 0 Å². The van der Waals surface area contributed by atoms with Gasteiger partial charge in [-0.25, -0.2) is 0 Å². The molecule has 0 nitrogen and oxygen atoms in total. The third-order valence-electron chi connectivity index (χ3n) is 0. The Kier molecular flexibility index (Phi) is 1.52. The summed E-state index contributed by atoms with van der Waals surface area (Å²) < 4.78 is 31.7. The van der Waals surface area contributed by atoms with Gasteiger partial charge in [0.25, 0.3) is 0 Å². The van der Waals surface area contributed by atoms with Crippen molar-refractivity contribution in [1.82, 2.24) is 0 Å². The van der Waals surface area contributed by atoms with Crippen LogP contribution in [0.3, 0.4) is 0 Å². The van der Waals surface area contributed by atoms with E-state index in [-0.39, 0.29) is 0 Å². The fraction of sp³-hybridized carbons (Fsp3) is 1.00. The van der Waals surface area contributed by atoms with Crippen LogP contribution in [0, 0.1) is 0 Å². The summed E-state index contributed by atoms with van der Waals surface area (Å²) in [5, 5.41) is 0. The van der Waals surface area contributed by atoms with Crippen molar-refractivity contribution in [2.75, 3.05) is 0 Å². The van der Waals surface area contributed by atoms with E-state index in [0.29, 0.717) is 4.94 Å². The van der Waals surface area contributed by atoms with Crippen molar-refractivity contribution in [1.29, 1.82) is 0 Å². The van der Waals surface area contributed by atoms with Crippen LogP contribution < -0.4 is 0 Å². The first-order valence-corrected chi connectivity index (χ1v) is 7.16. The van der Waals surface area contributed by atoms with Crippen LogP contribution in [0.1, 0.15) is 0 Å². The van der Waals surface area contributed by atoms with Gasteiger partial charge < -0.3 is 0 Å². The van der Waals surface area contributed by atoms with Crippen LogP contribution in [0.5, 0.6) is 0 Å². The van der Waals surface area contributed by atoms with E-state index in [1.54, 1.807) is 0 Å². The molecule has 0 fully saturated rings. The summed E-state index contributed by atoms with van der Waals surface area (Å²) in [5.74, 6) is 0. The zero-order valence-electron chi connectivity index (χ0n) is 2.63. The fourth-order valence-corrected chi connectivity index (χ4v) is 0. The van der Waals surface area contributed by atoms with Gasteiger partial charge in [-0.1, -0.05) is 0 Å². The van der Waals surface area contributed by atoms with Gasteiger partial charge >= 0.3 is 33.6 Å². The average molecular weight is 191 g/mol. The molecule has 0 atom stereocenters. The molecule has 4 heteroatoms. The van der Waals surface area contributed by atoms with Crippen molar-refractivity contribution in [2.24, 2.45) is 0 Å². The molecule has 0 spiro atoms. The molecule has 0 saturated heterocycles. The van der Waals surface area contributed by atoms with Gasteiger partial charge in [0.05, 0.1) is 0 Å². The first-order chi connectivity index (χ1) is 2.00. The summed E-state index contributed by atoms with van der Waals surface area (Å²) in [5.41, 5.74) is 0. The van der Waals surface area contributed by atoms with Crippen molar-refractivity contribution >= 4 is 20.1 Å². The van der Waals surface area contributed by atoms with Crippen molar-refractivity contribution < 1.29 is 8.60 Å². The van der Waals surface area contributed by atoms with Gasteiger partial charge in [0.1, 0.15) is 0 Å². The van der Waals surface area contributed by atoms with Crippen LogP contribution in [0.4, 0.5) is 8.60 Å². The molecule has 0 aromatic rings. The van der Waals surface area contributed by atoms with E-state index in [9.17, 15) is 8.60 Å². The van der Waals surface area contributed by atoms with Gasteiger partial charge in [-0.2, -0.15) is 0 Å². The van der Waals surface area contributed by atoms with Crippen LogP contribution in [0.15, 0.2) is 0 Å². The molecule has 0 N–H and O–H groups in total. The van der Waals surface area contributed by atoms with E-state index >= 15 is 0 Å². The molecule has 0 aliphatic rings. The summed E-state index contributed by atoms with van der Waals surface area (Å²) >= 11 is -5.68. The van der Waals surface area contributed by atoms with Gasteiger partial charge in [0.2, 0.25) is 0 Å². The normalized spacial score (nSPS) is 12.0. The second-order valence-electron chi connectivity index (χ2n) is 0.781. The average Bonchev–Trinajstić information content (AvgIpc) is 0.722. The molecular weight excluding hydrogens is 188 g/mol. The number of hydrogen-bond acceptors (Lipinski definition) is 0. The molecule has 0 radical (unpaired) electrons. The zero-order chi connectivity index (χ0) is 4.50. The Labute approximate surface area is 34.2 Å². The predicted molar refractivity (Wildman–Crippen MR) is 14.9 cm³/mol. The molecule has 0 bridgehead atoms. The van der Waals surface area contributed by atoms with Crippen LogP contribution in [-0.2, 0) is 0 Å². The van der Waals surface area contributed by atoms with E-state index in [4.69, 9.17) is 0 Å². The molecular formula is CH3F3Sn. The third-order valence-corrected chi connectivity index (χ3v) is 0. The number of rotatable bonds is 0. The van der Waals surface area contributed by atoms with Crippen LogP contribution >= 0.6 is 0 Å². The van der Waals surface area contributed by atoms with Gasteiger partial charge in [0, 0.05) is 0 Å². The third kappa shape index (κ3) is 88.7. The maximum absolute atomic E-state index is 10.6. The van der Waals surface area contributed by atoms with E-state index in [1.165, 1.54) is 0 Å². The second kappa shape index (κ2) is 1.36. The summed E-state index contributed by atoms with van der Waals surface area (Å²) in [6, 6.07) is 0. The van der Waals surface area contributed by atoms with Crippen LogP contribution in [0.2, 0.25) is 4.94 Å². The molecule has 0 unspecified atom stereocenters. The van der Waals surface area contributed by atoms with Gasteiger partial charge in [0.15, 0.2) is 0 Å². The van der Waals surface area contributed by atoms with Crippen molar-refractivity contribution in [2.45, 2.75) is 4.94 Å². The molecule has 5 heavy (non-hydrogen) atoms. The zero-order valence-corrected chi connectivity index (χ0v) is 5.49. The summed E-state index contributed by atoms with van der Waals surface area (Å²) in [7, 11) is 0. The van der Waals surface area contributed by atoms with Gasteiger partial charge in [-0.3, -0.25) is 0 Å². The summed E-state index contributed by atoms with van der Waals surface area (Å²) in [4.78, 5) is 0.397. The van der Waals surface area contributed by atoms with E-state index in [2.05, 4.69) is 0 Å². The van der Waals surface area contributed by atoms with Gasteiger partial charge in [-0.05, 0) is 0 Å². The van der Waals surface area contributed by atoms with Gasteiger partial charge in [-0.15, -0.1) is 0 Å². The first kappa shape index (κ1) is 5.59. The molecule has 0 saturated carbocycles. The SMILES string of the molecule is [CH3][Sn]([F])([F])[F]. The Morgan fingerprint density at radius 2 is 1.20 bits per heavy atom. The predicted octanol–water partition coefficient (Wildman–Crippen LogP) is 1.46. The van der Waals surface area contributed by atoms with Crippen molar-refractivity contribution in [3.8, 4) is 0 Å².